The van der Waals surface area contributed by atoms with Crippen molar-refractivity contribution in [2.75, 3.05) is 18.1 Å². The molecule has 2 aliphatic rings. The molecule has 2 aromatic carbocycles. The molecule has 1 heterocycles. The highest BCUT2D eigenvalue weighted by Crippen LogP contribution is 2.35. The van der Waals surface area contributed by atoms with Gasteiger partial charge >= 0.3 is 5.97 Å². The second kappa shape index (κ2) is 10.5. The Morgan fingerprint density at radius 3 is 2.62 bits per heavy atom. The van der Waals surface area contributed by atoms with Crippen LogP contribution in [0.5, 0.6) is 11.5 Å². The van der Waals surface area contributed by atoms with Gasteiger partial charge in [-0.05, 0) is 37.0 Å². The highest BCUT2D eigenvalue weighted by atomic mass is 16.5. The van der Waals surface area contributed by atoms with Crippen molar-refractivity contribution in [3.8, 4) is 11.5 Å². The second-order valence-electron chi connectivity index (χ2n) is 8.67. The Hall–Kier alpha value is -3.02. The van der Waals surface area contributed by atoms with E-state index >= 15 is 0 Å². The number of carbonyl (C=O) groups is 2. The summed E-state index contributed by atoms with van der Waals surface area (Å²) >= 11 is 0. The minimum absolute atomic E-state index is 0.0301. The van der Waals surface area contributed by atoms with Gasteiger partial charge in [0.05, 0.1) is 18.7 Å². The normalized spacial score (nSPS) is 18.3. The van der Waals surface area contributed by atoms with Gasteiger partial charge in [0.1, 0.15) is 11.5 Å². The predicted octanol–water partition coefficient (Wildman–Crippen LogP) is 4.85. The number of carboxylic acids is 1. The Balaban J connectivity index is 1.38. The van der Waals surface area contributed by atoms with Crippen molar-refractivity contribution in [3.05, 3.63) is 54.1 Å². The first-order chi connectivity index (χ1) is 15.6. The van der Waals surface area contributed by atoms with Gasteiger partial charge in [-0.25, -0.2) is 0 Å². The lowest BCUT2D eigenvalue weighted by molar-refractivity contribution is -0.136. The molecular formula is C26H31NO5. The van der Waals surface area contributed by atoms with Crippen LogP contribution in [-0.4, -0.2) is 36.2 Å². The molecule has 2 aromatic rings. The zero-order valence-corrected chi connectivity index (χ0v) is 18.4. The van der Waals surface area contributed by atoms with E-state index in [9.17, 15) is 9.59 Å². The van der Waals surface area contributed by atoms with Crippen molar-refractivity contribution >= 4 is 17.6 Å². The maximum absolute atomic E-state index is 13.2. The molecule has 0 bridgehead atoms. The van der Waals surface area contributed by atoms with E-state index in [-0.39, 0.29) is 18.9 Å². The quantitative estimate of drug-likeness (QED) is 0.575. The summed E-state index contributed by atoms with van der Waals surface area (Å²) in [5, 5.41) is 9.09. The standard InChI is InChI=1S/C26H31NO5/c28-25(29)18-20-11-3-5-13-22(20)31-17-15-24-26(30)27(16-7-10-19-8-1-2-9-19)21-12-4-6-14-23(21)32-24/h3-6,11-14,19,24H,1-2,7-10,15-18H2,(H,28,29). The fourth-order valence-corrected chi connectivity index (χ4v) is 4.76. The molecule has 0 saturated heterocycles. The van der Waals surface area contributed by atoms with Gasteiger partial charge in [0.25, 0.3) is 5.91 Å². The van der Waals surface area contributed by atoms with E-state index in [0.29, 0.717) is 24.3 Å². The van der Waals surface area contributed by atoms with Crippen molar-refractivity contribution < 1.29 is 24.2 Å². The molecular weight excluding hydrogens is 406 g/mol. The molecule has 0 radical (unpaired) electrons. The first-order valence-electron chi connectivity index (χ1n) is 11.6. The Bertz CT molecular complexity index is 937. The van der Waals surface area contributed by atoms with Crippen LogP contribution in [0.2, 0.25) is 0 Å². The summed E-state index contributed by atoms with van der Waals surface area (Å²) in [4.78, 5) is 26.2. The highest BCUT2D eigenvalue weighted by molar-refractivity contribution is 6.00. The van der Waals surface area contributed by atoms with Crippen LogP contribution in [-0.2, 0) is 16.0 Å². The number of fused-ring (bicyclic) bond motifs is 1. The number of anilines is 1. The number of nitrogens with zero attached hydrogens (tertiary/aromatic N) is 1. The van der Waals surface area contributed by atoms with Crippen LogP contribution in [0.3, 0.4) is 0 Å². The lowest BCUT2D eigenvalue weighted by Gasteiger charge is -2.34. The molecule has 1 N–H and O–H groups in total. The van der Waals surface area contributed by atoms with Crippen LogP contribution < -0.4 is 14.4 Å². The minimum atomic E-state index is -0.906. The molecule has 32 heavy (non-hydrogen) atoms. The van der Waals surface area contributed by atoms with Crippen molar-refractivity contribution in [2.24, 2.45) is 5.92 Å². The molecule has 6 nitrogen and oxygen atoms in total. The molecule has 1 aliphatic carbocycles. The van der Waals surface area contributed by atoms with Crippen LogP contribution in [0, 0.1) is 5.92 Å². The topological polar surface area (TPSA) is 76.1 Å². The van der Waals surface area contributed by atoms with Crippen LogP contribution >= 0.6 is 0 Å². The van der Waals surface area contributed by atoms with Gasteiger partial charge in [-0.15, -0.1) is 0 Å². The summed E-state index contributed by atoms with van der Waals surface area (Å²) in [5.41, 5.74) is 1.46. The number of para-hydroxylation sites is 3. The van der Waals surface area contributed by atoms with E-state index in [1.807, 2.05) is 35.2 Å². The maximum atomic E-state index is 13.2. The van der Waals surface area contributed by atoms with Crippen molar-refractivity contribution in [3.63, 3.8) is 0 Å². The van der Waals surface area contributed by atoms with Crippen molar-refractivity contribution in [2.45, 2.75) is 57.5 Å². The Labute approximate surface area is 189 Å². The second-order valence-corrected chi connectivity index (χ2v) is 8.67. The summed E-state index contributed by atoms with van der Waals surface area (Å²) < 4.78 is 11.9. The summed E-state index contributed by atoms with van der Waals surface area (Å²) in [6, 6.07) is 14.8. The number of hydrogen-bond donors (Lipinski definition) is 1. The third-order valence-electron chi connectivity index (χ3n) is 6.39. The number of aliphatic carboxylic acids is 1. The first kappa shape index (κ1) is 22.2. The zero-order chi connectivity index (χ0) is 22.3. The summed E-state index contributed by atoms with van der Waals surface area (Å²) in [6.07, 6.45) is 7.16. The number of benzene rings is 2. The van der Waals surface area contributed by atoms with Crippen molar-refractivity contribution in [1.82, 2.24) is 0 Å². The van der Waals surface area contributed by atoms with Gasteiger partial charge in [-0.2, -0.15) is 0 Å². The molecule has 4 rings (SSSR count). The van der Waals surface area contributed by atoms with Gasteiger partial charge in [0, 0.05) is 18.5 Å². The smallest absolute Gasteiger partial charge is 0.307 e. The van der Waals surface area contributed by atoms with E-state index in [2.05, 4.69) is 0 Å². The molecule has 1 saturated carbocycles. The lowest BCUT2D eigenvalue weighted by atomic mass is 10.0. The van der Waals surface area contributed by atoms with Gasteiger partial charge < -0.3 is 19.5 Å². The molecule has 1 fully saturated rings. The van der Waals surface area contributed by atoms with E-state index in [1.54, 1.807) is 18.2 Å². The van der Waals surface area contributed by atoms with Crippen LogP contribution in [0.1, 0.15) is 50.5 Å². The monoisotopic (exact) mass is 437 g/mol. The number of ether oxygens (including phenoxy) is 2. The molecule has 170 valence electrons. The third-order valence-corrected chi connectivity index (χ3v) is 6.39. The van der Waals surface area contributed by atoms with Crippen LogP contribution in [0.25, 0.3) is 0 Å². The van der Waals surface area contributed by atoms with E-state index in [4.69, 9.17) is 14.6 Å². The number of amides is 1. The number of carbonyl (C=O) groups excluding carboxylic acids is 1. The van der Waals surface area contributed by atoms with E-state index in [0.717, 1.165) is 23.8 Å². The fourth-order valence-electron chi connectivity index (χ4n) is 4.76. The zero-order valence-electron chi connectivity index (χ0n) is 18.4. The average molecular weight is 438 g/mol. The number of rotatable bonds is 10. The van der Waals surface area contributed by atoms with Gasteiger partial charge in [0.2, 0.25) is 0 Å². The van der Waals surface area contributed by atoms with Crippen LogP contribution in [0.4, 0.5) is 5.69 Å². The molecule has 1 amide bonds. The molecule has 1 aliphatic heterocycles. The summed E-state index contributed by atoms with van der Waals surface area (Å²) in [5.74, 6) is 1.13. The molecule has 0 spiro atoms. The number of carboxylic acid groups (broad SMARTS) is 1. The SMILES string of the molecule is O=C(O)Cc1ccccc1OCCC1Oc2ccccc2N(CCCC2CCCC2)C1=O. The maximum Gasteiger partial charge on any atom is 0.307 e. The Morgan fingerprint density at radius 2 is 1.81 bits per heavy atom. The van der Waals surface area contributed by atoms with Crippen LogP contribution in [0.15, 0.2) is 48.5 Å². The Morgan fingerprint density at radius 1 is 1.06 bits per heavy atom. The van der Waals surface area contributed by atoms with Gasteiger partial charge in [-0.1, -0.05) is 56.0 Å². The van der Waals surface area contributed by atoms with E-state index < -0.39 is 12.1 Å². The number of hydrogen-bond acceptors (Lipinski definition) is 4. The molecule has 6 heteroatoms. The molecule has 1 atom stereocenters. The third kappa shape index (κ3) is 5.42. The minimum Gasteiger partial charge on any atom is -0.493 e. The Kier molecular flexibility index (Phi) is 7.30. The fraction of sp³-hybridized carbons (Fsp3) is 0.462. The highest BCUT2D eigenvalue weighted by Gasteiger charge is 2.34. The molecule has 1 unspecified atom stereocenters. The average Bonchev–Trinajstić information content (AvgIpc) is 3.30. The predicted molar refractivity (Wildman–Crippen MR) is 122 cm³/mol. The lowest BCUT2D eigenvalue weighted by Crippen LogP contribution is -2.47. The van der Waals surface area contributed by atoms with E-state index in [1.165, 1.54) is 32.1 Å². The first-order valence-corrected chi connectivity index (χ1v) is 11.6. The summed E-state index contributed by atoms with van der Waals surface area (Å²) in [7, 11) is 0. The molecule has 0 aromatic heterocycles. The van der Waals surface area contributed by atoms with Crippen molar-refractivity contribution in [1.29, 1.82) is 0 Å². The van der Waals surface area contributed by atoms with Gasteiger partial charge in [-0.3, -0.25) is 9.59 Å². The van der Waals surface area contributed by atoms with Gasteiger partial charge in [0.15, 0.2) is 6.10 Å². The summed E-state index contributed by atoms with van der Waals surface area (Å²) in [6.45, 7) is 0.972. The largest absolute Gasteiger partial charge is 0.493 e.